The number of likely N-dealkylation sites (N-methyl/N-ethyl adjacent to an activating group) is 1. The molecule has 7 heteroatoms. The molecule has 2 aliphatic rings. The van der Waals surface area contributed by atoms with E-state index in [4.69, 9.17) is 0 Å². The number of hydrogen-bond acceptors (Lipinski definition) is 5. The molecule has 2 fully saturated rings. The molecular weight excluding hydrogens is 342 g/mol. The van der Waals surface area contributed by atoms with E-state index in [1.54, 1.807) is 22.2 Å². The van der Waals surface area contributed by atoms with Crippen molar-refractivity contribution < 1.29 is 9.59 Å². The number of amides is 2. The van der Waals surface area contributed by atoms with Gasteiger partial charge in [0, 0.05) is 57.6 Å². The predicted octanol–water partition coefficient (Wildman–Crippen LogP) is 1.17. The van der Waals surface area contributed by atoms with E-state index < -0.39 is 0 Å². The van der Waals surface area contributed by atoms with Crippen LogP contribution in [0.1, 0.15) is 39.2 Å². The van der Waals surface area contributed by atoms with Gasteiger partial charge >= 0.3 is 0 Å². The number of nitrogens with zero attached hydrogens (tertiary/aromatic N) is 3. The van der Waals surface area contributed by atoms with Crippen LogP contribution >= 0.6 is 0 Å². The molecule has 1 aromatic rings. The van der Waals surface area contributed by atoms with E-state index >= 15 is 0 Å². The summed E-state index contributed by atoms with van der Waals surface area (Å²) in [5.41, 5.74) is 7.82. The Bertz CT molecular complexity index is 673. The van der Waals surface area contributed by atoms with Gasteiger partial charge in [-0.3, -0.25) is 25.4 Å². The summed E-state index contributed by atoms with van der Waals surface area (Å²) in [6, 6.07) is 4.42. The first-order chi connectivity index (χ1) is 12.7. The van der Waals surface area contributed by atoms with Gasteiger partial charge in [0.2, 0.25) is 11.8 Å². The minimum Gasteiger partial charge on any atom is -0.344 e. The van der Waals surface area contributed by atoms with Gasteiger partial charge in [-0.2, -0.15) is 0 Å². The zero-order valence-corrected chi connectivity index (χ0v) is 16.7. The molecule has 0 radical (unpaired) electrons. The van der Waals surface area contributed by atoms with E-state index in [2.05, 4.69) is 36.6 Å². The van der Waals surface area contributed by atoms with Gasteiger partial charge in [-0.15, -0.1) is 0 Å². The number of nitrogens with one attached hydrogen (secondary N) is 2. The molecule has 0 bridgehead atoms. The predicted molar refractivity (Wildman–Crippen MR) is 103 cm³/mol. The molecule has 148 valence electrons. The molecular formula is C20H31N5O2. The molecule has 1 aromatic heterocycles. The standard InChI is InChI=1S/C20H31N5O2/c1-20(2,3)17-9-16(22-23-17)13-24(4)19(27)15-8-18(26)25(12-15)11-14-6-5-7-21-10-14/h5-7,10,15-17,22-23H,8-9,11-13H2,1-4H3. The number of likely N-dealkylation sites (tertiary alicyclic amines) is 1. The van der Waals surface area contributed by atoms with Crippen LogP contribution in [-0.4, -0.2) is 58.8 Å². The van der Waals surface area contributed by atoms with E-state index in [1.165, 1.54) is 0 Å². The SMILES string of the molecule is CN(CC1CC(C(C)(C)C)NN1)C(=O)C1CC(=O)N(Cc2cccnc2)C1. The van der Waals surface area contributed by atoms with Crippen molar-refractivity contribution >= 4 is 11.8 Å². The number of aromatic nitrogens is 1. The maximum absolute atomic E-state index is 12.8. The Kier molecular flexibility index (Phi) is 5.81. The Morgan fingerprint density at radius 1 is 1.37 bits per heavy atom. The first-order valence-electron chi connectivity index (χ1n) is 9.66. The summed E-state index contributed by atoms with van der Waals surface area (Å²) in [4.78, 5) is 32.8. The van der Waals surface area contributed by atoms with E-state index in [0.29, 0.717) is 32.1 Å². The third-order valence-electron chi connectivity index (χ3n) is 5.56. The number of carbonyl (C=O) groups is 2. The van der Waals surface area contributed by atoms with Crippen molar-refractivity contribution in [2.45, 2.75) is 52.2 Å². The summed E-state index contributed by atoms with van der Waals surface area (Å²) in [5.74, 6) is -0.163. The van der Waals surface area contributed by atoms with Gasteiger partial charge in [0.05, 0.1) is 5.92 Å². The second-order valence-electron chi connectivity index (χ2n) is 8.90. The van der Waals surface area contributed by atoms with Crippen molar-refractivity contribution in [2.24, 2.45) is 11.3 Å². The van der Waals surface area contributed by atoms with Crippen molar-refractivity contribution in [3.63, 3.8) is 0 Å². The topological polar surface area (TPSA) is 77.6 Å². The highest BCUT2D eigenvalue weighted by molar-refractivity contribution is 5.89. The highest BCUT2D eigenvalue weighted by Crippen LogP contribution is 2.26. The second-order valence-corrected chi connectivity index (χ2v) is 8.90. The second kappa shape index (κ2) is 7.94. The summed E-state index contributed by atoms with van der Waals surface area (Å²) in [6.07, 6.45) is 4.76. The van der Waals surface area contributed by atoms with Gasteiger partial charge in [0.25, 0.3) is 0 Å². The van der Waals surface area contributed by atoms with Gasteiger partial charge in [-0.1, -0.05) is 26.8 Å². The Labute approximate surface area is 161 Å². The van der Waals surface area contributed by atoms with E-state index in [1.807, 2.05) is 19.2 Å². The van der Waals surface area contributed by atoms with Crippen LogP contribution in [-0.2, 0) is 16.1 Å². The smallest absolute Gasteiger partial charge is 0.227 e. The van der Waals surface area contributed by atoms with Crippen molar-refractivity contribution in [1.82, 2.24) is 25.6 Å². The van der Waals surface area contributed by atoms with Crippen molar-refractivity contribution in [3.8, 4) is 0 Å². The highest BCUT2D eigenvalue weighted by Gasteiger charge is 2.37. The van der Waals surface area contributed by atoms with Crippen LogP contribution in [0.5, 0.6) is 0 Å². The number of pyridine rings is 1. The molecule has 2 N–H and O–H groups in total. The lowest BCUT2D eigenvalue weighted by molar-refractivity contribution is -0.134. The lowest BCUT2D eigenvalue weighted by Crippen LogP contribution is -2.44. The maximum atomic E-state index is 12.8. The average Bonchev–Trinajstić information content (AvgIpc) is 3.22. The molecule has 3 heterocycles. The summed E-state index contributed by atoms with van der Waals surface area (Å²) in [5, 5.41) is 0. The zero-order valence-electron chi connectivity index (χ0n) is 16.7. The fraction of sp³-hybridized carbons (Fsp3) is 0.650. The van der Waals surface area contributed by atoms with Gasteiger partial charge in [0.15, 0.2) is 0 Å². The van der Waals surface area contributed by atoms with Crippen LogP contribution < -0.4 is 10.9 Å². The molecule has 3 atom stereocenters. The summed E-state index contributed by atoms with van der Waals surface area (Å²) >= 11 is 0. The first kappa shape index (κ1) is 19.8. The van der Waals surface area contributed by atoms with E-state index in [9.17, 15) is 9.59 Å². The normalized spacial score (nSPS) is 25.9. The molecule has 2 aliphatic heterocycles. The van der Waals surface area contributed by atoms with Crippen molar-refractivity contribution in [1.29, 1.82) is 0 Å². The van der Waals surface area contributed by atoms with Crippen molar-refractivity contribution in [2.75, 3.05) is 20.1 Å². The largest absolute Gasteiger partial charge is 0.344 e. The maximum Gasteiger partial charge on any atom is 0.227 e. The monoisotopic (exact) mass is 373 g/mol. The molecule has 0 saturated carbocycles. The van der Waals surface area contributed by atoms with Gasteiger partial charge < -0.3 is 9.80 Å². The van der Waals surface area contributed by atoms with Crippen LogP contribution in [0.2, 0.25) is 0 Å². The number of hydrogen-bond donors (Lipinski definition) is 2. The number of rotatable bonds is 5. The Balaban J connectivity index is 1.51. The lowest BCUT2D eigenvalue weighted by Gasteiger charge is -2.26. The van der Waals surface area contributed by atoms with Crippen molar-refractivity contribution in [3.05, 3.63) is 30.1 Å². The molecule has 7 nitrogen and oxygen atoms in total. The van der Waals surface area contributed by atoms with Gasteiger partial charge in [-0.25, -0.2) is 0 Å². The number of carbonyl (C=O) groups excluding carboxylic acids is 2. The fourth-order valence-corrected chi connectivity index (χ4v) is 3.85. The average molecular weight is 374 g/mol. The van der Waals surface area contributed by atoms with E-state index in [0.717, 1.165) is 12.0 Å². The van der Waals surface area contributed by atoms with Crippen LogP contribution in [0.15, 0.2) is 24.5 Å². The molecule has 3 rings (SSSR count). The molecule has 2 amide bonds. The quantitative estimate of drug-likeness (QED) is 0.810. The molecule has 27 heavy (non-hydrogen) atoms. The zero-order chi connectivity index (χ0) is 19.6. The molecule has 2 saturated heterocycles. The van der Waals surface area contributed by atoms with E-state index in [-0.39, 0.29) is 29.2 Å². The number of hydrazine groups is 1. The Hall–Kier alpha value is -1.99. The third kappa shape index (κ3) is 4.84. The molecule has 3 unspecified atom stereocenters. The van der Waals surface area contributed by atoms with Crippen LogP contribution in [0.4, 0.5) is 0 Å². The molecule has 0 aliphatic carbocycles. The highest BCUT2D eigenvalue weighted by atomic mass is 16.2. The molecule has 0 spiro atoms. The summed E-state index contributed by atoms with van der Waals surface area (Å²) in [7, 11) is 1.84. The van der Waals surface area contributed by atoms with Crippen LogP contribution in [0.3, 0.4) is 0 Å². The minimum absolute atomic E-state index is 0.0408. The van der Waals surface area contributed by atoms with Gasteiger partial charge in [0.1, 0.15) is 0 Å². The van der Waals surface area contributed by atoms with Gasteiger partial charge in [-0.05, 0) is 23.5 Å². The minimum atomic E-state index is -0.257. The lowest BCUT2D eigenvalue weighted by atomic mass is 9.84. The molecule has 0 aromatic carbocycles. The van der Waals surface area contributed by atoms with Crippen LogP contribution in [0.25, 0.3) is 0 Å². The Morgan fingerprint density at radius 2 is 2.15 bits per heavy atom. The fourth-order valence-electron chi connectivity index (χ4n) is 3.85. The third-order valence-corrected chi connectivity index (χ3v) is 5.56. The summed E-state index contributed by atoms with van der Waals surface area (Å²) in [6.45, 7) is 8.28. The Morgan fingerprint density at radius 3 is 2.78 bits per heavy atom. The van der Waals surface area contributed by atoms with Crippen LogP contribution in [0, 0.1) is 11.3 Å². The first-order valence-corrected chi connectivity index (χ1v) is 9.66. The summed E-state index contributed by atoms with van der Waals surface area (Å²) < 4.78 is 0.